The molecule has 1 aromatic carbocycles. The van der Waals surface area contributed by atoms with Crippen molar-refractivity contribution in [3.05, 3.63) is 30.3 Å². The number of ether oxygens (including phenoxy) is 1. The fourth-order valence-electron chi connectivity index (χ4n) is 3.38. The highest BCUT2D eigenvalue weighted by molar-refractivity contribution is 5.96. The van der Waals surface area contributed by atoms with E-state index in [-0.39, 0.29) is 18.6 Å². The Morgan fingerprint density at radius 3 is 2.65 bits per heavy atom. The van der Waals surface area contributed by atoms with Crippen LogP contribution in [0.25, 0.3) is 0 Å². The first-order valence-electron chi connectivity index (χ1n) is 8.79. The van der Waals surface area contributed by atoms with Crippen LogP contribution in [0.15, 0.2) is 30.3 Å². The number of carboxylic acids is 1. The zero-order valence-corrected chi connectivity index (χ0v) is 14.5. The molecule has 1 aromatic rings. The quantitative estimate of drug-likeness (QED) is 0.826. The SMILES string of the molecule is O=C(O)CC1C(=O)N(CC2CCCO2)CCN1C(=O)Nc1ccccc1. The molecular formula is C18H23N3O5. The topological polar surface area (TPSA) is 99.2 Å². The van der Waals surface area contributed by atoms with Crippen LogP contribution in [0.4, 0.5) is 10.5 Å². The van der Waals surface area contributed by atoms with Crippen molar-refractivity contribution in [1.29, 1.82) is 0 Å². The van der Waals surface area contributed by atoms with Gasteiger partial charge in [0, 0.05) is 31.9 Å². The molecule has 0 saturated carbocycles. The molecule has 3 amide bonds. The number of urea groups is 1. The number of hydrogen-bond donors (Lipinski definition) is 2. The van der Waals surface area contributed by atoms with Gasteiger partial charge < -0.3 is 25.0 Å². The van der Waals surface area contributed by atoms with E-state index in [1.54, 1.807) is 29.2 Å². The number of anilines is 1. The van der Waals surface area contributed by atoms with E-state index in [4.69, 9.17) is 4.74 Å². The standard InChI is InChI=1S/C18H23N3O5/c22-16(23)11-15-17(24)20(12-14-7-4-10-26-14)8-9-21(15)18(25)19-13-5-2-1-3-6-13/h1-3,5-6,14-15H,4,7-12H2,(H,19,25)(H,22,23). The molecule has 8 nitrogen and oxygen atoms in total. The molecule has 0 radical (unpaired) electrons. The molecule has 2 heterocycles. The van der Waals surface area contributed by atoms with E-state index in [1.165, 1.54) is 4.90 Å². The van der Waals surface area contributed by atoms with Crippen LogP contribution in [0.2, 0.25) is 0 Å². The molecule has 2 N–H and O–H groups in total. The summed E-state index contributed by atoms with van der Waals surface area (Å²) in [5.41, 5.74) is 0.598. The molecule has 0 aromatic heterocycles. The fourth-order valence-corrected chi connectivity index (χ4v) is 3.38. The maximum atomic E-state index is 12.8. The lowest BCUT2D eigenvalue weighted by Gasteiger charge is -2.40. The maximum absolute atomic E-state index is 12.8. The monoisotopic (exact) mass is 361 g/mol. The Kier molecular flexibility index (Phi) is 5.72. The number of hydrogen-bond acceptors (Lipinski definition) is 4. The summed E-state index contributed by atoms with van der Waals surface area (Å²) in [5.74, 6) is -1.45. The second kappa shape index (κ2) is 8.18. The minimum Gasteiger partial charge on any atom is -0.481 e. The van der Waals surface area contributed by atoms with Crippen molar-refractivity contribution in [3.8, 4) is 0 Å². The normalized spacial score (nSPS) is 23.2. The van der Waals surface area contributed by atoms with Crippen LogP contribution < -0.4 is 5.32 Å². The van der Waals surface area contributed by atoms with Crippen LogP contribution in [0, 0.1) is 0 Å². The minimum absolute atomic E-state index is 0.00544. The third-order valence-electron chi connectivity index (χ3n) is 4.69. The number of amides is 3. The summed E-state index contributed by atoms with van der Waals surface area (Å²) in [6.45, 7) is 1.80. The molecule has 140 valence electrons. The molecule has 2 fully saturated rings. The van der Waals surface area contributed by atoms with Crippen LogP contribution in [0.1, 0.15) is 19.3 Å². The number of rotatable bonds is 5. The van der Waals surface area contributed by atoms with Crippen molar-refractivity contribution in [2.24, 2.45) is 0 Å². The molecule has 0 aliphatic carbocycles. The lowest BCUT2D eigenvalue weighted by atomic mass is 10.1. The number of carbonyl (C=O) groups is 3. The average Bonchev–Trinajstić information content (AvgIpc) is 3.12. The van der Waals surface area contributed by atoms with Gasteiger partial charge in [-0.25, -0.2) is 4.79 Å². The first-order valence-corrected chi connectivity index (χ1v) is 8.79. The molecule has 2 saturated heterocycles. The zero-order chi connectivity index (χ0) is 18.5. The fraction of sp³-hybridized carbons (Fsp3) is 0.500. The number of nitrogens with one attached hydrogen (secondary N) is 1. The van der Waals surface area contributed by atoms with E-state index < -0.39 is 24.5 Å². The molecule has 2 aliphatic heterocycles. The third-order valence-corrected chi connectivity index (χ3v) is 4.69. The van der Waals surface area contributed by atoms with Crippen molar-refractivity contribution in [1.82, 2.24) is 9.80 Å². The first-order chi connectivity index (χ1) is 12.5. The molecule has 2 atom stereocenters. The van der Waals surface area contributed by atoms with Gasteiger partial charge in [0.25, 0.3) is 0 Å². The second-order valence-corrected chi connectivity index (χ2v) is 6.52. The van der Waals surface area contributed by atoms with E-state index in [2.05, 4.69) is 5.32 Å². The molecular weight excluding hydrogens is 338 g/mol. The van der Waals surface area contributed by atoms with Gasteiger partial charge in [-0.3, -0.25) is 9.59 Å². The Balaban J connectivity index is 1.69. The van der Waals surface area contributed by atoms with E-state index in [1.807, 2.05) is 6.07 Å². The van der Waals surface area contributed by atoms with Crippen molar-refractivity contribution >= 4 is 23.6 Å². The Bertz CT molecular complexity index is 660. The van der Waals surface area contributed by atoms with Crippen molar-refractivity contribution in [2.75, 3.05) is 31.6 Å². The third kappa shape index (κ3) is 4.32. The molecule has 0 bridgehead atoms. The number of benzene rings is 1. The Labute approximate surface area is 151 Å². The molecule has 0 spiro atoms. The van der Waals surface area contributed by atoms with Gasteiger partial charge in [-0.05, 0) is 25.0 Å². The van der Waals surface area contributed by atoms with Gasteiger partial charge in [-0.15, -0.1) is 0 Å². The van der Waals surface area contributed by atoms with Crippen LogP contribution >= 0.6 is 0 Å². The van der Waals surface area contributed by atoms with E-state index in [0.717, 1.165) is 12.8 Å². The van der Waals surface area contributed by atoms with E-state index in [9.17, 15) is 19.5 Å². The van der Waals surface area contributed by atoms with Gasteiger partial charge in [0.2, 0.25) is 5.91 Å². The molecule has 8 heteroatoms. The van der Waals surface area contributed by atoms with Gasteiger partial charge in [-0.1, -0.05) is 18.2 Å². The van der Waals surface area contributed by atoms with Crippen LogP contribution in [-0.4, -0.2) is 71.2 Å². The Morgan fingerprint density at radius 1 is 1.23 bits per heavy atom. The van der Waals surface area contributed by atoms with Crippen molar-refractivity contribution < 1.29 is 24.2 Å². The molecule has 2 aliphatic rings. The summed E-state index contributed by atoms with van der Waals surface area (Å²) < 4.78 is 5.57. The predicted molar refractivity (Wildman–Crippen MR) is 93.8 cm³/mol. The minimum atomic E-state index is -1.11. The second-order valence-electron chi connectivity index (χ2n) is 6.52. The summed E-state index contributed by atoms with van der Waals surface area (Å²) in [7, 11) is 0. The van der Waals surface area contributed by atoms with Crippen molar-refractivity contribution in [3.63, 3.8) is 0 Å². The molecule has 3 rings (SSSR count). The number of nitrogens with zero attached hydrogens (tertiary/aromatic N) is 2. The van der Waals surface area contributed by atoms with Crippen LogP contribution in [0.3, 0.4) is 0 Å². The number of aliphatic carboxylic acids is 1. The van der Waals surface area contributed by atoms with Gasteiger partial charge in [-0.2, -0.15) is 0 Å². The number of carboxylic acid groups (broad SMARTS) is 1. The first kappa shape index (κ1) is 18.2. The lowest BCUT2D eigenvalue weighted by molar-refractivity contribution is -0.148. The van der Waals surface area contributed by atoms with Gasteiger partial charge in [0.1, 0.15) is 6.04 Å². The van der Waals surface area contributed by atoms with Gasteiger partial charge in [0.05, 0.1) is 12.5 Å². The van der Waals surface area contributed by atoms with Crippen molar-refractivity contribution in [2.45, 2.75) is 31.4 Å². The smallest absolute Gasteiger partial charge is 0.322 e. The average molecular weight is 361 g/mol. The highest BCUT2D eigenvalue weighted by Gasteiger charge is 2.39. The van der Waals surface area contributed by atoms with E-state index >= 15 is 0 Å². The lowest BCUT2D eigenvalue weighted by Crippen LogP contribution is -2.61. The Morgan fingerprint density at radius 2 is 2.00 bits per heavy atom. The Hall–Kier alpha value is -2.61. The van der Waals surface area contributed by atoms with Crippen LogP contribution in [-0.2, 0) is 14.3 Å². The summed E-state index contributed by atoms with van der Waals surface area (Å²) >= 11 is 0. The summed E-state index contributed by atoms with van der Waals surface area (Å²) in [5, 5.41) is 11.9. The number of carbonyl (C=O) groups excluding carboxylic acids is 2. The summed E-state index contributed by atoms with van der Waals surface area (Å²) in [6, 6.07) is 7.40. The predicted octanol–water partition coefficient (Wildman–Crippen LogP) is 1.38. The van der Waals surface area contributed by atoms with Gasteiger partial charge >= 0.3 is 12.0 Å². The maximum Gasteiger partial charge on any atom is 0.322 e. The largest absolute Gasteiger partial charge is 0.481 e. The molecule has 26 heavy (non-hydrogen) atoms. The molecule has 2 unspecified atom stereocenters. The van der Waals surface area contributed by atoms with Crippen LogP contribution in [0.5, 0.6) is 0 Å². The number of piperazine rings is 1. The van der Waals surface area contributed by atoms with E-state index in [0.29, 0.717) is 25.4 Å². The number of para-hydroxylation sites is 1. The highest BCUT2D eigenvalue weighted by Crippen LogP contribution is 2.20. The van der Waals surface area contributed by atoms with Gasteiger partial charge in [0.15, 0.2) is 0 Å². The summed E-state index contributed by atoms with van der Waals surface area (Å²) in [4.78, 5) is 39.6. The zero-order valence-electron chi connectivity index (χ0n) is 14.5. The summed E-state index contributed by atoms with van der Waals surface area (Å²) in [6.07, 6.45) is 1.44. The highest BCUT2D eigenvalue weighted by atomic mass is 16.5.